The van der Waals surface area contributed by atoms with E-state index in [0.29, 0.717) is 5.56 Å². The van der Waals surface area contributed by atoms with E-state index in [2.05, 4.69) is 52.0 Å². The number of carbonyl (C=O) groups excluding carboxylic acids is 1. The van der Waals surface area contributed by atoms with Crippen LogP contribution in [-0.2, 0) is 19.3 Å². The minimum Gasteiger partial charge on any atom is -0.351 e. The molecule has 0 N–H and O–H groups in total. The number of hydrogen-bond donors (Lipinski definition) is 0. The van der Waals surface area contributed by atoms with Crippen LogP contribution in [0, 0.1) is 6.92 Å². The largest absolute Gasteiger partial charge is 0.351 e. The Bertz CT molecular complexity index is 1180. The number of ketones is 1. The van der Waals surface area contributed by atoms with Gasteiger partial charge in [-0.25, -0.2) is 4.98 Å². The number of hydrogen-bond acceptors (Lipinski definition) is 6. The number of aromatic nitrogens is 3. The maximum Gasteiger partial charge on any atom is 0.161 e. The molecule has 1 atom stereocenters. The standard InChI is InChI=1S/C27H31N5O/c1-18-14-26(28-16-24(18)20(3)33)32-13-12-31(17-19(32)2)27-23-11-7-10-22(23)25(29-30-27)15-21-8-5-4-6-9-21/h4-6,8-9,14,16,19H,7,10-13,15,17H2,1-3H3/t19-/m1/s1. The monoisotopic (exact) mass is 441 g/mol. The molecular formula is C27H31N5O. The van der Waals surface area contributed by atoms with Crippen molar-refractivity contribution < 1.29 is 4.79 Å². The number of rotatable bonds is 5. The molecule has 170 valence electrons. The highest BCUT2D eigenvalue weighted by atomic mass is 16.1. The first-order chi connectivity index (χ1) is 16.0. The predicted molar refractivity (Wildman–Crippen MR) is 131 cm³/mol. The van der Waals surface area contributed by atoms with Gasteiger partial charge in [-0.05, 0) is 62.8 Å². The molecular weight excluding hydrogens is 410 g/mol. The summed E-state index contributed by atoms with van der Waals surface area (Å²) in [5, 5.41) is 9.46. The van der Waals surface area contributed by atoms with Gasteiger partial charge in [0.05, 0.1) is 5.69 Å². The van der Waals surface area contributed by atoms with E-state index < -0.39 is 0 Å². The first-order valence-corrected chi connectivity index (χ1v) is 11.9. The van der Waals surface area contributed by atoms with E-state index >= 15 is 0 Å². The van der Waals surface area contributed by atoms with Gasteiger partial charge < -0.3 is 9.80 Å². The lowest BCUT2D eigenvalue weighted by atomic mass is 10.0. The summed E-state index contributed by atoms with van der Waals surface area (Å²) in [4.78, 5) is 21.1. The van der Waals surface area contributed by atoms with Gasteiger partial charge in [-0.2, -0.15) is 5.10 Å². The van der Waals surface area contributed by atoms with Crippen molar-refractivity contribution in [2.45, 2.75) is 52.5 Å². The van der Waals surface area contributed by atoms with Crippen LogP contribution >= 0.6 is 0 Å². The number of benzene rings is 1. The lowest BCUT2D eigenvalue weighted by molar-refractivity contribution is 0.101. The molecule has 3 heterocycles. The van der Waals surface area contributed by atoms with Crippen molar-refractivity contribution in [2.75, 3.05) is 29.4 Å². The Morgan fingerprint density at radius 3 is 2.61 bits per heavy atom. The van der Waals surface area contributed by atoms with Crippen LogP contribution in [0.1, 0.15) is 58.6 Å². The molecule has 0 unspecified atom stereocenters. The van der Waals surface area contributed by atoms with Crippen molar-refractivity contribution >= 4 is 17.4 Å². The van der Waals surface area contributed by atoms with Gasteiger partial charge in [0.25, 0.3) is 0 Å². The summed E-state index contributed by atoms with van der Waals surface area (Å²) >= 11 is 0. The van der Waals surface area contributed by atoms with Gasteiger partial charge in [-0.15, -0.1) is 5.10 Å². The minimum atomic E-state index is 0.0626. The molecule has 5 rings (SSSR count). The number of fused-ring (bicyclic) bond motifs is 1. The lowest BCUT2D eigenvalue weighted by Crippen LogP contribution is -2.53. The van der Waals surface area contributed by atoms with Crippen molar-refractivity contribution in [3.8, 4) is 0 Å². The summed E-state index contributed by atoms with van der Waals surface area (Å²) in [6.07, 6.45) is 5.93. The Balaban J connectivity index is 1.35. The van der Waals surface area contributed by atoms with E-state index in [-0.39, 0.29) is 11.8 Å². The molecule has 3 aromatic rings. The fourth-order valence-corrected chi connectivity index (χ4v) is 5.28. The lowest BCUT2D eigenvalue weighted by Gasteiger charge is -2.41. The number of piperazine rings is 1. The van der Waals surface area contributed by atoms with Crippen molar-refractivity contribution in [3.05, 3.63) is 76.1 Å². The van der Waals surface area contributed by atoms with Crippen LogP contribution in [0.5, 0.6) is 0 Å². The zero-order valence-electron chi connectivity index (χ0n) is 19.7. The van der Waals surface area contributed by atoms with Crippen LogP contribution in [0.15, 0.2) is 42.6 Å². The fraction of sp³-hybridized carbons (Fsp3) is 0.407. The maximum absolute atomic E-state index is 11.8. The molecule has 6 heteroatoms. The Morgan fingerprint density at radius 1 is 1.09 bits per heavy atom. The Kier molecular flexibility index (Phi) is 5.83. The fourth-order valence-electron chi connectivity index (χ4n) is 5.28. The van der Waals surface area contributed by atoms with E-state index in [0.717, 1.165) is 61.8 Å². The van der Waals surface area contributed by atoms with Crippen molar-refractivity contribution in [3.63, 3.8) is 0 Å². The van der Waals surface area contributed by atoms with Gasteiger partial charge in [-0.1, -0.05) is 30.3 Å². The van der Waals surface area contributed by atoms with Gasteiger partial charge >= 0.3 is 0 Å². The van der Waals surface area contributed by atoms with E-state index in [1.807, 2.05) is 13.0 Å². The molecule has 1 saturated heterocycles. The number of pyridine rings is 1. The maximum atomic E-state index is 11.8. The van der Waals surface area contributed by atoms with Crippen LogP contribution in [0.2, 0.25) is 0 Å². The van der Waals surface area contributed by atoms with Crippen LogP contribution < -0.4 is 9.80 Å². The van der Waals surface area contributed by atoms with Gasteiger partial charge in [-0.3, -0.25) is 4.79 Å². The summed E-state index contributed by atoms with van der Waals surface area (Å²) in [7, 11) is 0. The second kappa shape index (κ2) is 8.93. The number of Topliss-reactive ketones (excluding diaryl/α,β-unsaturated/α-hetero) is 1. The summed E-state index contributed by atoms with van der Waals surface area (Å²) in [5.74, 6) is 2.08. The third-order valence-corrected chi connectivity index (χ3v) is 7.01. The van der Waals surface area contributed by atoms with Gasteiger partial charge in [0.15, 0.2) is 11.6 Å². The molecule has 0 spiro atoms. The summed E-state index contributed by atoms with van der Waals surface area (Å²) in [6, 6.07) is 12.9. The third-order valence-electron chi connectivity index (χ3n) is 7.01. The van der Waals surface area contributed by atoms with Crippen LogP contribution in [0.3, 0.4) is 0 Å². The first-order valence-electron chi connectivity index (χ1n) is 11.9. The highest BCUT2D eigenvalue weighted by Gasteiger charge is 2.30. The molecule has 0 amide bonds. The zero-order valence-corrected chi connectivity index (χ0v) is 19.7. The summed E-state index contributed by atoms with van der Waals surface area (Å²) < 4.78 is 0. The minimum absolute atomic E-state index is 0.0626. The second-order valence-electron chi connectivity index (χ2n) is 9.35. The van der Waals surface area contributed by atoms with Gasteiger partial charge in [0.2, 0.25) is 0 Å². The zero-order chi connectivity index (χ0) is 22.9. The molecule has 33 heavy (non-hydrogen) atoms. The number of anilines is 2. The Labute approximate surface area is 195 Å². The number of aryl methyl sites for hydroxylation is 1. The second-order valence-corrected chi connectivity index (χ2v) is 9.35. The molecule has 2 aromatic heterocycles. The van der Waals surface area contributed by atoms with Crippen molar-refractivity contribution in [2.24, 2.45) is 0 Å². The third kappa shape index (κ3) is 4.22. The average Bonchev–Trinajstić information content (AvgIpc) is 3.30. The van der Waals surface area contributed by atoms with Crippen LogP contribution in [0.25, 0.3) is 0 Å². The molecule has 0 radical (unpaired) electrons. The molecule has 1 aromatic carbocycles. The van der Waals surface area contributed by atoms with E-state index in [1.54, 1.807) is 13.1 Å². The van der Waals surface area contributed by atoms with Crippen molar-refractivity contribution in [1.29, 1.82) is 0 Å². The average molecular weight is 442 g/mol. The quantitative estimate of drug-likeness (QED) is 0.554. The number of nitrogens with zero attached hydrogens (tertiary/aromatic N) is 5. The van der Waals surface area contributed by atoms with E-state index in [4.69, 9.17) is 10.2 Å². The molecule has 1 fully saturated rings. The van der Waals surface area contributed by atoms with Gasteiger partial charge in [0, 0.05) is 49.4 Å². The molecule has 6 nitrogen and oxygen atoms in total. The summed E-state index contributed by atoms with van der Waals surface area (Å²) in [5.41, 5.74) is 6.92. The topological polar surface area (TPSA) is 62.2 Å². The van der Waals surface area contributed by atoms with E-state index in [1.165, 1.54) is 23.1 Å². The SMILES string of the molecule is CC(=O)c1cnc(N2CCN(c3nnc(Cc4ccccc4)c4c3CCC4)C[C@H]2C)cc1C. The molecule has 0 saturated carbocycles. The molecule has 1 aliphatic heterocycles. The predicted octanol–water partition coefficient (Wildman–Crippen LogP) is 4.18. The van der Waals surface area contributed by atoms with E-state index in [9.17, 15) is 4.79 Å². The smallest absolute Gasteiger partial charge is 0.161 e. The Morgan fingerprint density at radius 2 is 1.88 bits per heavy atom. The first kappa shape index (κ1) is 21.6. The van der Waals surface area contributed by atoms with Gasteiger partial charge in [0.1, 0.15) is 5.82 Å². The molecule has 0 bridgehead atoms. The highest BCUT2D eigenvalue weighted by Crippen LogP contribution is 2.33. The Hall–Kier alpha value is -3.28. The molecule has 1 aliphatic carbocycles. The van der Waals surface area contributed by atoms with Crippen LogP contribution in [-0.4, -0.2) is 46.6 Å². The van der Waals surface area contributed by atoms with Crippen molar-refractivity contribution in [1.82, 2.24) is 15.2 Å². The van der Waals surface area contributed by atoms with Crippen LogP contribution in [0.4, 0.5) is 11.6 Å². The normalized spacial score (nSPS) is 17.8. The summed E-state index contributed by atoms with van der Waals surface area (Å²) in [6.45, 7) is 8.45. The number of carbonyl (C=O) groups is 1. The highest BCUT2D eigenvalue weighted by molar-refractivity contribution is 5.95. The molecule has 2 aliphatic rings.